The molecule has 19 nitrogen and oxygen atoms in total. The highest BCUT2D eigenvalue weighted by atomic mass is 33.1. The summed E-state index contributed by atoms with van der Waals surface area (Å²) < 4.78 is 79.9. The van der Waals surface area contributed by atoms with Crippen LogP contribution in [-0.2, 0) is 60.1 Å². The van der Waals surface area contributed by atoms with E-state index in [0.29, 0.717) is 77.1 Å². The molecule has 0 aliphatic heterocycles. The largest absolute Gasteiger partial charge is 0.490 e. The molecular formula is C32H60BNO18P3S4. The van der Waals surface area contributed by atoms with Gasteiger partial charge in [0.1, 0.15) is 11.9 Å². The summed E-state index contributed by atoms with van der Waals surface area (Å²) in [5.74, 6) is 5.75. The molecule has 343 valence electrons. The molecule has 5 N–H and O–H groups in total. The molecule has 0 aromatic carbocycles. The van der Waals surface area contributed by atoms with Crippen LogP contribution in [0.5, 0.6) is 0 Å². The van der Waals surface area contributed by atoms with E-state index in [9.17, 15) is 33.1 Å². The Hall–Kier alpha value is 0.0149. The number of nitrogens with one attached hydrogen (secondary N) is 1. The Morgan fingerprint density at radius 3 is 2.27 bits per heavy atom. The number of esters is 1. The second kappa shape index (κ2) is 32.6. The summed E-state index contributed by atoms with van der Waals surface area (Å²) in [6, 6.07) is 0. The van der Waals surface area contributed by atoms with Crippen LogP contribution in [0.2, 0.25) is 5.82 Å². The molecule has 1 rings (SSSR count). The van der Waals surface area contributed by atoms with E-state index in [4.69, 9.17) is 42.7 Å². The fourth-order valence-electron chi connectivity index (χ4n) is 4.83. The highest BCUT2D eigenvalue weighted by molar-refractivity contribution is 8.77. The highest BCUT2D eigenvalue weighted by Gasteiger charge is 2.42. The van der Waals surface area contributed by atoms with Gasteiger partial charge in [-0.15, -0.1) is 5.92 Å². The number of amides is 1. The minimum Gasteiger partial charge on any atom is -0.466 e. The summed E-state index contributed by atoms with van der Waals surface area (Å²) in [5, 5.41) is 2.67. The molecule has 59 heavy (non-hydrogen) atoms. The Bertz CT molecular complexity index is 1390. The number of carbonyl (C=O) groups excluding carboxylic acids is 2. The number of hydrogen-bond acceptors (Lipinski definition) is 18. The van der Waals surface area contributed by atoms with E-state index in [1.165, 1.54) is 21.6 Å². The lowest BCUT2D eigenvalue weighted by Crippen LogP contribution is -2.29. The third kappa shape index (κ3) is 33.2. The van der Waals surface area contributed by atoms with Gasteiger partial charge in [-0.3, -0.25) is 9.32 Å². The standard InChI is InChI=1S/C32H60BNO18P3S4/c1-5-6-15-44-20-21-45-19-14-34-31(36)48-18-12-32(2,3)59-58-25-46-16-9-10-17-47-30(35)11-7-8-13-33-28-22-27(29(23-28)49-26-57-56-4)24-50-54(40,41)52-55(42,43)51-53(37,38)39/h27-29H,5-7,9-12,14-26H2,1-4H3,(H,34,36)(H,40,41)(H,42,43)(H2,37,38,39)/t27-,28-,29+/m1/s1. The van der Waals surface area contributed by atoms with Gasteiger partial charge in [-0.25, -0.2) is 18.5 Å². The quantitative estimate of drug-likeness (QED) is 0.00838. The molecule has 1 amide bonds. The molecule has 5 atom stereocenters. The van der Waals surface area contributed by atoms with Crippen molar-refractivity contribution in [3.63, 3.8) is 0 Å². The number of unbranched alkanes of at least 4 members (excludes halogenated alkanes) is 2. The molecule has 0 bridgehead atoms. The predicted octanol–water partition coefficient (Wildman–Crippen LogP) is 6.73. The van der Waals surface area contributed by atoms with Crippen molar-refractivity contribution < 1.29 is 84.4 Å². The van der Waals surface area contributed by atoms with Crippen LogP contribution in [0.15, 0.2) is 0 Å². The second-order valence-corrected chi connectivity index (χ2v) is 23.2. The topological polar surface area (TPSA) is 261 Å². The predicted molar refractivity (Wildman–Crippen MR) is 231 cm³/mol. The fourth-order valence-corrected chi connectivity index (χ4v) is 11.0. The third-order valence-electron chi connectivity index (χ3n) is 7.69. The second-order valence-electron chi connectivity index (χ2n) is 13.3. The van der Waals surface area contributed by atoms with Gasteiger partial charge in [0.25, 0.3) is 0 Å². The van der Waals surface area contributed by atoms with E-state index in [-0.39, 0.29) is 36.0 Å². The van der Waals surface area contributed by atoms with Crippen molar-refractivity contribution in [1.82, 2.24) is 5.32 Å². The Balaban J connectivity index is 2.18. The van der Waals surface area contributed by atoms with Gasteiger partial charge in [-0.1, -0.05) is 62.3 Å². The first-order chi connectivity index (χ1) is 27.9. The Morgan fingerprint density at radius 2 is 1.56 bits per heavy atom. The zero-order valence-electron chi connectivity index (χ0n) is 33.9. The van der Waals surface area contributed by atoms with Crippen LogP contribution in [0.4, 0.5) is 4.79 Å². The van der Waals surface area contributed by atoms with Gasteiger partial charge < -0.3 is 53.3 Å². The Morgan fingerprint density at radius 1 is 0.847 bits per heavy atom. The number of phosphoric ester groups is 1. The molecule has 1 aliphatic rings. The highest BCUT2D eigenvalue weighted by Crippen LogP contribution is 2.66. The van der Waals surface area contributed by atoms with Gasteiger partial charge >= 0.3 is 35.5 Å². The van der Waals surface area contributed by atoms with Crippen molar-refractivity contribution in [2.24, 2.45) is 5.92 Å². The molecule has 1 radical (unpaired) electrons. The average Bonchev–Trinajstić information content (AvgIpc) is 3.52. The van der Waals surface area contributed by atoms with E-state index in [1.54, 1.807) is 28.9 Å². The molecule has 1 saturated carbocycles. The average molecular weight is 979 g/mol. The molecule has 27 heteroatoms. The maximum absolute atomic E-state index is 12.2. The lowest BCUT2D eigenvalue weighted by Gasteiger charge is -2.22. The molecule has 0 heterocycles. The number of rotatable bonds is 35. The van der Waals surface area contributed by atoms with Gasteiger partial charge in [0.15, 0.2) is 0 Å². The molecule has 0 saturated heterocycles. The molecular weight excluding hydrogens is 918 g/mol. The van der Waals surface area contributed by atoms with Crippen molar-refractivity contribution >= 4 is 86.0 Å². The van der Waals surface area contributed by atoms with Crippen LogP contribution in [0.25, 0.3) is 0 Å². The van der Waals surface area contributed by atoms with Crippen LogP contribution in [0, 0.1) is 17.7 Å². The molecule has 0 aromatic rings. The van der Waals surface area contributed by atoms with Crippen LogP contribution >= 0.6 is 66.6 Å². The van der Waals surface area contributed by atoms with Crippen molar-refractivity contribution in [1.29, 1.82) is 0 Å². The van der Waals surface area contributed by atoms with E-state index < -0.39 is 48.2 Å². The number of phosphoric acid groups is 3. The number of carbonyl (C=O) groups is 2. The van der Waals surface area contributed by atoms with Crippen LogP contribution in [0.3, 0.4) is 0 Å². The summed E-state index contributed by atoms with van der Waals surface area (Å²) in [5.41, 5.74) is 0. The normalized spacial score (nSPS) is 18.9. The zero-order valence-corrected chi connectivity index (χ0v) is 39.9. The maximum Gasteiger partial charge on any atom is 0.490 e. The van der Waals surface area contributed by atoms with Gasteiger partial charge in [-0.2, -0.15) is 14.4 Å². The van der Waals surface area contributed by atoms with Gasteiger partial charge in [0, 0.05) is 36.8 Å². The number of alkyl carbamates (subject to hydrolysis) is 1. The number of hydrogen-bond donors (Lipinski definition) is 5. The van der Waals surface area contributed by atoms with Crippen LogP contribution in [-0.4, -0.2) is 127 Å². The van der Waals surface area contributed by atoms with E-state index >= 15 is 0 Å². The Labute approximate surface area is 364 Å². The number of ether oxygens (including phenoxy) is 6. The Kier molecular flexibility index (Phi) is 31.5. The fraction of sp³-hybridized carbons (Fsp3) is 0.875. The minimum atomic E-state index is -5.62. The summed E-state index contributed by atoms with van der Waals surface area (Å²) >= 11 is 0. The monoisotopic (exact) mass is 978 g/mol. The molecule has 0 spiro atoms. The zero-order chi connectivity index (χ0) is 44.0. The van der Waals surface area contributed by atoms with Gasteiger partial charge in [0.05, 0.1) is 52.2 Å². The van der Waals surface area contributed by atoms with E-state index in [1.807, 2.05) is 6.26 Å². The third-order valence-corrected chi connectivity index (χ3v) is 16.0. The SMILES string of the molecule is CCCCOCCOCCNC(=O)OCCC(C)(C)SSCOCCCCOC(=O)CCC#C[B][C@@H]1C[C@H](COP(=O)(O)OP(=O)(O)OP(=O)(O)O)[C@@H](OCSSC)C1. The maximum atomic E-state index is 12.2. The van der Waals surface area contributed by atoms with E-state index in [2.05, 4.69) is 46.4 Å². The van der Waals surface area contributed by atoms with Crippen LogP contribution in [0.1, 0.15) is 78.6 Å². The summed E-state index contributed by atoms with van der Waals surface area (Å²) in [6.45, 7) is 9.43. The van der Waals surface area contributed by atoms with Crippen molar-refractivity contribution in [3.8, 4) is 11.7 Å². The molecule has 2 unspecified atom stereocenters. The summed E-state index contributed by atoms with van der Waals surface area (Å²) in [7, 11) is -8.48. The first-order valence-electron chi connectivity index (χ1n) is 18.8. The van der Waals surface area contributed by atoms with Crippen molar-refractivity contribution in [3.05, 3.63) is 0 Å². The van der Waals surface area contributed by atoms with Crippen molar-refractivity contribution in [2.75, 3.05) is 77.5 Å². The summed E-state index contributed by atoms with van der Waals surface area (Å²) in [6.07, 6.45) is 6.47. The lowest BCUT2D eigenvalue weighted by molar-refractivity contribution is -0.143. The first-order valence-corrected chi connectivity index (χ1v) is 28.4. The van der Waals surface area contributed by atoms with Gasteiger partial charge in [0.2, 0.25) is 7.28 Å². The summed E-state index contributed by atoms with van der Waals surface area (Å²) in [4.78, 5) is 60.6. The van der Waals surface area contributed by atoms with Crippen molar-refractivity contribution in [2.45, 2.75) is 95.2 Å². The molecule has 1 fully saturated rings. The van der Waals surface area contributed by atoms with E-state index in [0.717, 1.165) is 25.9 Å². The van der Waals surface area contributed by atoms with Gasteiger partial charge in [-0.05, 0) is 58.6 Å². The lowest BCUT2D eigenvalue weighted by atomic mass is 9.64. The first kappa shape index (κ1) is 57.0. The minimum absolute atomic E-state index is 0.0963. The van der Waals surface area contributed by atoms with Crippen LogP contribution < -0.4 is 5.32 Å². The molecule has 0 aromatic heterocycles. The smallest absolute Gasteiger partial charge is 0.466 e. The molecule has 1 aliphatic carbocycles.